The first-order chi connectivity index (χ1) is 9.62. The highest BCUT2D eigenvalue weighted by molar-refractivity contribution is 5.76. The lowest BCUT2D eigenvalue weighted by atomic mass is 10.2. The monoisotopic (exact) mass is 278 g/mol. The lowest BCUT2D eigenvalue weighted by molar-refractivity contribution is -0.146. The maximum Gasteiger partial charge on any atom is 0.302 e. The molecule has 0 unspecified atom stereocenters. The largest absolute Gasteiger partial charge is 0.493 e. The summed E-state index contributed by atoms with van der Waals surface area (Å²) in [6, 6.07) is 5.04. The van der Waals surface area contributed by atoms with Gasteiger partial charge in [0, 0.05) is 18.9 Å². The molecule has 1 aliphatic carbocycles. The van der Waals surface area contributed by atoms with Gasteiger partial charge in [-0.15, -0.1) is 0 Å². The van der Waals surface area contributed by atoms with Crippen molar-refractivity contribution in [3.8, 4) is 11.5 Å². The Morgan fingerprint density at radius 1 is 1.25 bits per heavy atom. The SMILES string of the molecule is COc1ccc(C=O)cc1O[C@@H]1CC[C@@H](OC(C)=O)C1. The van der Waals surface area contributed by atoms with E-state index in [-0.39, 0.29) is 18.2 Å². The maximum absolute atomic E-state index is 10.9. The highest BCUT2D eigenvalue weighted by Gasteiger charge is 2.29. The summed E-state index contributed by atoms with van der Waals surface area (Å²) in [5, 5.41) is 0. The predicted octanol–water partition coefficient (Wildman–Crippen LogP) is 2.37. The molecule has 2 rings (SSSR count). The van der Waals surface area contributed by atoms with Crippen molar-refractivity contribution in [2.45, 2.75) is 38.4 Å². The van der Waals surface area contributed by atoms with Crippen molar-refractivity contribution >= 4 is 12.3 Å². The number of methoxy groups -OCH3 is 1. The molecule has 0 aromatic heterocycles. The number of hydrogen-bond acceptors (Lipinski definition) is 5. The van der Waals surface area contributed by atoms with Crippen LogP contribution in [0.15, 0.2) is 18.2 Å². The minimum atomic E-state index is -0.267. The molecule has 5 nitrogen and oxygen atoms in total. The number of rotatable bonds is 5. The minimum absolute atomic E-state index is 0.0323. The second-order valence-corrected chi connectivity index (χ2v) is 4.81. The highest BCUT2D eigenvalue weighted by Crippen LogP contribution is 2.33. The molecule has 1 aromatic rings. The molecule has 0 amide bonds. The van der Waals surface area contributed by atoms with E-state index < -0.39 is 0 Å². The standard InChI is InChI=1S/C15H18O5/c1-10(17)19-12-4-5-13(8-12)20-15-7-11(9-16)3-6-14(15)18-2/h3,6-7,9,12-13H,4-5,8H2,1-2H3/t12-,13-/m1/s1. The van der Waals surface area contributed by atoms with Gasteiger partial charge in [0.2, 0.25) is 0 Å². The second-order valence-electron chi connectivity index (χ2n) is 4.81. The van der Waals surface area contributed by atoms with E-state index in [0.717, 1.165) is 19.1 Å². The normalized spacial score (nSPS) is 21.3. The van der Waals surface area contributed by atoms with Gasteiger partial charge in [-0.05, 0) is 31.0 Å². The Labute approximate surface area is 117 Å². The van der Waals surface area contributed by atoms with E-state index in [1.807, 2.05) is 0 Å². The van der Waals surface area contributed by atoms with Crippen LogP contribution in [0.25, 0.3) is 0 Å². The first kappa shape index (κ1) is 14.4. The lowest BCUT2D eigenvalue weighted by Gasteiger charge is -2.16. The fourth-order valence-corrected chi connectivity index (χ4v) is 2.39. The number of ether oxygens (including phenoxy) is 3. The highest BCUT2D eigenvalue weighted by atomic mass is 16.6. The number of aldehydes is 1. The summed E-state index contributed by atoms with van der Waals surface area (Å²) in [4.78, 5) is 21.7. The zero-order valence-corrected chi connectivity index (χ0v) is 11.6. The van der Waals surface area contributed by atoms with Crippen molar-refractivity contribution in [1.29, 1.82) is 0 Å². The summed E-state index contributed by atoms with van der Waals surface area (Å²) in [6.07, 6.45) is 2.91. The molecular weight excluding hydrogens is 260 g/mol. The molecular formula is C15H18O5. The van der Waals surface area contributed by atoms with E-state index >= 15 is 0 Å². The molecule has 5 heteroatoms. The van der Waals surface area contributed by atoms with Gasteiger partial charge in [-0.2, -0.15) is 0 Å². The van der Waals surface area contributed by atoms with Crippen LogP contribution < -0.4 is 9.47 Å². The quantitative estimate of drug-likeness (QED) is 0.611. The fourth-order valence-electron chi connectivity index (χ4n) is 2.39. The van der Waals surface area contributed by atoms with Gasteiger partial charge in [0.1, 0.15) is 18.5 Å². The summed E-state index contributed by atoms with van der Waals surface area (Å²) < 4.78 is 16.3. The molecule has 0 aliphatic heterocycles. The van der Waals surface area contributed by atoms with Gasteiger partial charge in [0.15, 0.2) is 11.5 Å². The number of carbonyl (C=O) groups is 2. The molecule has 1 fully saturated rings. The van der Waals surface area contributed by atoms with Crippen LogP contribution >= 0.6 is 0 Å². The Bertz CT molecular complexity index is 497. The van der Waals surface area contributed by atoms with Gasteiger partial charge in [0.05, 0.1) is 7.11 Å². The van der Waals surface area contributed by atoms with Gasteiger partial charge in [-0.1, -0.05) is 0 Å². The van der Waals surface area contributed by atoms with E-state index in [9.17, 15) is 9.59 Å². The van der Waals surface area contributed by atoms with Gasteiger partial charge >= 0.3 is 5.97 Å². The van der Waals surface area contributed by atoms with Crippen LogP contribution in [-0.4, -0.2) is 31.6 Å². The molecule has 0 N–H and O–H groups in total. The van der Waals surface area contributed by atoms with Gasteiger partial charge < -0.3 is 14.2 Å². The van der Waals surface area contributed by atoms with Crippen LogP contribution in [0.5, 0.6) is 11.5 Å². The zero-order valence-electron chi connectivity index (χ0n) is 11.6. The van der Waals surface area contributed by atoms with Crippen LogP contribution in [0.1, 0.15) is 36.5 Å². The summed E-state index contributed by atoms with van der Waals surface area (Å²) in [7, 11) is 1.55. The Morgan fingerprint density at radius 3 is 2.65 bits per heavy atom. The van der Waals surface area contributed by atoms with Crippen LogP contribution in [0.4, 0.5) is 0 Å². The van der Waals surface area contributed by atoms with Crippen LogP contribution in [0.2, 0.25) is 0 Å². The molecule has 2 atom stereocenters. The van der Waals surface area contributed by atoms with Crippen LogP contribution in [0, 0.1) is 0 Å². The summed E-state index contributed by atoms with van der Waals surface area (Å²) >= 11 is 0. The minimum Gasteiger partial charge on any atom is -0.493 e. The molecule has 0 heterocycles. The second kappa shape index (κ2) is 6.41. The van der Waals surface area contributed by atoms with Crippen molar-refractivity contribution < 1.29 is 23.8 Å². The molecule has 1 saturated carbocycles. The van der Waals surface area contributed by atoms with Crippen molar-refractivity contribution in [2.75, 3.05) is 7.11 Å². The summed E-state index contributed by atoms with van der Waals surface area (Å²) in [5.41, 5.74) is 0.537. The number of benzene rings is 1. The van der Waals surface area contributed by atoms with Gasteiger partial charge in [-0.3, -0.25) is 9.59 Å². The molecule has 0 saturated heterocycles. The predicted molar refractivity (Wildman–Crippen MR) is 72.2 cm³/mol. The summed E-state index contributed by atoms with van der Waals surface area (Å²) in [6.45, 7) is 1.41. The van der Waals surface area contributed by atoms with E-state index in [2.05, 4.69) is 0 Å². The smallest absolute Gasteiger partial charge is 0.302 e. The van der Waals surface area contributed by atoms with Crippen LogP contribution in [-0.2, 0) is 9.53 Å². The van der Waals surface area contributed by atoms with E-state index in [0.29, 0.717) is 23.5 Å². The topological polar surface area (TPSA) is 61.8 Å². The summed E-state index contributed by atoms with van der Waals surface area (Å²) in [5.74, 6) is 0.869. The Hall–Kier alpha value is -2.04. The van der Waals surface area contributed by atoms with E-state index in [1.165, 1.54) is 6.92 Å². The van der Waals surface area contributed by atoms with Crippen molar-refractivity contribution in [2.24, 2.45) is 0 Å². The van der Waals surface area contributed by atoms with E-state index in [4.69, 9.17) is 14.2 Å². The van der Waals surface area contributed by atoms with E-state index in [1.54, 1.807) is 25.3 Å². The van der Waals surface area contributed by atoms with Crippen LogP contribution in [0.3, 0.4) is 0 Å². The third kappa shape index (κ3) is 3.50. The molecule has 1 aliphatic rings. The van der Waals surface area contributed by atoms with Crippen molar-refractivity contribution in [3.05, 3.63) is 23.8 Å². The first-order valence-electron chi connectivity index (χ1n) is 6.59. The Balaban J connectivity index is 2.03. The maximum atomic E-state index is 10.9. The Kier molecular flexibility index (Phi) is 4.61. The average Bonchev–Trinajstić information content (AvgIpc) is 2.85. The zero-order chi connectivity index (χ0) is 14.5. The fraction of sp³-hybridized carbons (Fsp3) is 0.467. The molecule has 108 valence electrons. The molecule has 20 heavy (non-hydrogen) atoms. The average molecular weight is 278 g/mol. The Morgan fingerprint density at radius 2 is 2.00 bits per heavy atom. The molecule has 1 aromatic carbocycles. The van der Waals surface area contributed by atoms with Gasteiger partial charge in [-0.25, -0.2) is 0 Å². The molecule has 0 spiro atoms. The molecule has 0 bridgehead atoms. The number of hydrogen-bond donors (Lipinski definition) is 0. The number of carbonyl (C=O) groups excluding carboxylic acids is 2. The first-order valence-corrected chi connectivity index (χ1v) is 6.59. The third-order valence-electron chi connectivity index (χ3n) is 3.29. The van der Waals surface area contributed by atoms with Crippen molar-refractivity contribution in [1.82, 2.24) is 0 Å². The third-order valence-corrected chi connectivity index (χ3v) is 3.29. The number of esters is 1. The van der Waals surface area contributed by atoms with Crippen molar-refractivity contribution in [3.63, 3.8) is 0 Å². The van der Waals surface area contributed by atoms with Gasteiger partial charge in [0.25, 0.3) is 0 Å². The molecule has 0 radical (unpaired) electrons. The lowest BCUT2D eigenvalue weighted by Crippen LogP contribution is -2.17.